The molecule has 0 bridgehead atoms. The number of fused-ring (bicyclic) bond motifs is 2. The number of nitrogens with one attached hydrogen (secondary N) is 1. The second-order valence-corrected chi connectivity index (χ2v) is 5.85. The van der Waals surface area contributed by atoms with Crippen molar-refractivity contribution in [3.05, 3.63) is 34.9 Å². The van der Waals surface area contributed by atoms with Crippen LogP contribution in [-0.4, -0.2) is 51.2 Å². The van der Waals surface area contributed by atoms with Gasteiger partial charge in [0.15, 0.2) is 5.65 Å². The van der Waals surface area contributed by atoms with Gasteiger partial charge < -0.3 is 10.2 Å². The monoisotopic (exact) mass is 323 g/mol. The van der Waals surface area contributed by atoms with Crippen LogP contribution in [-0.2, 0) is 11.3 Å². The Morgan fingerprint density at radius 1 is 1.27 bits per heavy atom. The highest BCUT2D eigenvalue weighted by Crippen LogP contribution is 2.26. The van der Waals surface area contributed by atoms with Crippen LogP contribution >= 0.6 is 12.4 Å². The Morgan fingerprint density at radius 2 is 2.00 bits per heavy atom. The first kappa shape index (κ1) is 15.1. The van der Waals surface area contributed by atoms with Crippen molar-refractivity contribution < 1.29 is 4.79 Å². The summed E-state index contributed by atoms with van der Waals surface area (Å²) in [6.07, 6.45) is 1.66. The summed E-state index contributed by atoms with van der Waals surface area (Å²) in [4.78, 5) is 26.4. The maximum atomic E-state index is 12.4. The molecule has 0 spiro atoms. The van der Waals surface area contributed by atoms with E-state index in [1.807, 2.05) is 11.0 Å². The predicted octanol–water partition coefficient (Wildman–Crippen LogP) is -0.404. The van der Waals surface area contributed by atoms with Gasteiger partial charge in [0.25, 0.3) is 0 Å². The Kier molecular flexibility index (Phi) is 3.92. The van der Waals surface area contributed by atoms with E-state index in [0.717, 1.165) is 26.2 Å². The summed E-state index contributed by atoms with van der Waals surface area (Å²) in [5.41, 5.74) is 0.304. The standard InChI is InChI=1S/C14H17N5O2.ClH/c20-13(17-7-10-5-15-6-11(10)8-17)9-19-14(21)18-4-2-1-3-12(18)16-19;/h1-4,10-11,15H,5-9H2;1H/t10-,11+;. The van der Waals surface area contributed by atoms with Gasteiger partial charge >= 0.3 is 5.69 Å². The van der Waals surface area contributed by atoms with Crippen LogP contribution in [0.25, 0.3) is 5.65 Å². The van der Waals surface area contributed by atoms with Gasteiger partial charge in [-0.2, -0.15) is 0 Å². The number of halogens is 1. The van der Waals surface area contributed by atoms with E-state index in [-0.39, 0.29) is 30.5 Å². The van der Waals surface area contributed by atoms with Crippen LogP contribution < -0.4 is 11.0 Å². The lowest BCUT2D eigenvalue weighted by Gasteiger charge is -2.16. The Labute approximate surface area is 133 Å². The molecule has 4 rings (SSSR count). The highest BCUT2D eigenvalue weighted by Gasteiger charge is 2.38. The molecule has 0 saturated carbocycles. The van der Waals surface area contributed by atoms with Crippen LogP contribution in [0.1, 0.15) is 0 Å². The number of aromatic nitrogens is 3. The second-order valence-electron chi connectivity index (χ2n) is 5.85. The molecule has 2 fully saturated rings. The van der Waals surface area contributed by atoms with Crippen molar-refractivity contribution >= 4 is 24.0 Å². The van der Waals surface area contributed by atoms with Gasteiger partial charge in [-0.05, 0) is 24.0 Å². The Balaban J connectivity index is 0.00000144. The highest BCUT2D eigenvalue weighted by molar-refractivity contribution is 5.85. The third-order valence-corrected chi connectivity index (χ3v) is 4.52. The number of amides is 1. The molecule has 2 aromatic rings. The highest BCUT2D eigenvalue weighted by atomic mass is 35.5. The van der Waals surface area contributed by atoms with Crippen LogP contribution in [0.3, 0.4) is 0 Å². The molecule has 1 amide bonds. The van der Waals surface area contributed by atoms with E-state index < -0.39 is 0 Å². The van der Waals surface area contributed by atoms with Gasteiger partial charge in [-0.25, -0.2) is 9.48 Å². The molecule has 0 unspecified atom stereocenters. The van der Waals surface area contributed by atoms with Crippen molar-refractivity contribution in [1.82, 2.24) is 24.4 Å². The largest absolute Gasteiger partial charge is 0.350 e. The Morgan fingerprint density at radius 3 is 2.68 bits per heavy atom. The molecular weight excluding hydrogens is 306 g/mol. The molecule has 2 aromatic heterocycles. The Hall–Kier alpha value is -1.86. The summed E-state index contributed by atoms with van der Waals surface area (Å²) in [5, 5.41) is 7.55. The van der Waals surface area contributed by atoms with E-state index in [0.29, 0.717) is 17.5 Å². The fraction of sp³-hybridized carbons (Fsp3) is 0.500. The second kappa shape index (κ2) is 5.73. The van der Waals surface area contributed by atoms with Crippen LogP contribution in [0, 0.1) is 11.8 Å². The van der Waals surface area contributed by atoms with Gasteiger partial charge in [-0.3, -0.25) is 9.20 Å². The zero-order valence-electron chi connectivity index (χ0n) is 12.0. The first-order chi connectivity index (χ1) is 10.2. The van der Waals surface area contributed by atoms with E-state index in [2.05, 4.69) is 10.4 Å². The third kappa shape index (κ3) is 2.40. The van der Waals surface area contributed by atoms with Gasteiger partial charge in [-0.15, -0.1) is 17.5 Å². The number of carbonyl (C=O) groups is 1. The number of hydrogen-bond acceptors (Lipinski definition) is 4. The van der Waals surface area contributed by atoms with Crippen LogP contribution in [0.5, 0.6) is 0 Å². The molecule has 22 heavy (non-hydrogen) atoms. The van der Waals surface area contributed by atoms with Gasteiger partial charge in [0.05, 0.1) is 0 Å². The normalized spacial score (nSPS) is 23.5. The average molecular weight is 324 g/mol. The SMILES string of the molecule is Cl.O=C(Cn1nc2ccccn2c1=O)N1C[C@H]2CNC[C@H]2C1. The van der Waals surface area contributed by atoms with Gasteiger partial charge in [0.1, 0.15) is 6.54 Å². The molecule has 2 aliphatic rings. The van der Waals surface area contributed by atoms with E-state index in [1.54, 1.807) is 18.3 Å². The molecule has 0 aromatic carbocycles. The third-order valence-electron chi connectivity index (χ3n) is 4.52. The molecule has 2 atom stereocenters. The lowest BCUT2D eigenvalue weighted by atomic mass is 10.0. The molecular formula is C14H18ClN5O2. The number of nitrogens with zero attached hydrogens (tertiary/aromatic N) is 4. The lowest BCUT2D eigenvalue weighted by Crippen LogP contribution is -2.37. The van der Waals surface area contributed by atoms with Gasteiger partial charge in [-0.1, -0.05) is 6.07 Å². The van der Waals surface area contributed by atoms with Crippen molar-refractivity contribution in [3.63, 3.8) is 0 Å². The van der Waals surface area contributed by atoms with Crippen molar-refractivity contribution in [1.29, 1.82) is 0 Å². The molecule has 0 aliphatic carbocycles. The zero-order chi connectivity index (χ0) is 14.4. The van der Waals surface area contributed by atoms with Crippen LogP contribution in [0.2, 0.25) is 0 Å². The molecule has 8 heteroatoms. The molecule has 4 heterocycles. The minimum absolute atomic E-state index is 0. The molecule has 7 nitrogen and oxygen atoms in total. The van der Waals surface area contributed by atoms with Gasteiger partial charge in [0.2, 0.25) is 5.91 Å². The van der Waals surface area contributed by atoms with E-state index in [4.69, 9.17) is 0 Å². The summed E-state index contributed by atoms with van der Waals surface area (Å²) in [6.45, 7) is 3.58. The molecule has 2 saturated heterocycles. The van der Waals surface area contributed by atoms with Crippen molar-refractivity contribution in [3.8, 4) is 0 Å². The number of rotatable bonds is 2. The first-order valence-electron chi connectivity index (χ1n) is 7.25. The first-order valence-corrected chi connectivity index (χ1v) is 7.25. The summed E-state index contributed by atoms with van der Waals surface area (Å²) in [7, 11) is 0. The van der Waals surface area contributed by atoms with E-state index in [1.165, 1.54) is 9.08 Å². The summed E-state index contributed by atoms with van der Waals surface area (Å²) >= 11 is 0. The topological polar surface area (TPSA) is 71.6 Å². The fourth-order valence-corrected chi connectivity index (χ4v) is 3.36. The quantitative estimate of drug-likeness (QED) is 0.816. The van der Waals surface area contributed by atoms with E-state index >= 15 is 0 Å². The molecule has 118 valence electrons. The van der Waals surface area contributed by atoms with Crippen molar-refractivity contribution in [2.45, 2.75) is 6.54 Å². The molecule has 0 radical (unpaired) electrons. The fourth-order valence-electron chi connectivity index (χ4n) is 3.36. The average Bonchev–Trinajstić information content (AvgIpc) is 3.13. The molecule has 2 aliphatic heterocycles. The summed E-state index contributed by atoms with van der Waals surface area (Å²) < 4.78 is 2.71. The smallest absolute Gasteiger partial charge is 0.340 e. The van der Waals surface area contributed by atoms with E-state index in [9.17, 15) is 9.59 Å². The molecule has 1 N–H and O–H groups in total. The predicted molar refractivity (Wildman–Crippen MR) is 83.1 cm³/mol. The van der Waals surface area contributed by atoms with Gasteiger partial charge in [0, 0.05) is 32.4 Å². The maximum absolute atomic E-state index is 12.4. The zero-order valence-corrected chi connectivity index (χ0v) is 12.8. The maximum Gasteiger partial charge on any atom is 0.350 e. The minimum atomic E-state index is -0.264. The Bertz CT molecular complexity index is 743. The number of hydrogen-bond donors (Lipinski definition) is 1. The number of carbonyl (C=O) groups excluding carboxylic acids is 1. The summed E-state index contributed by atoms with van der Waals surface area (Å²) in [6, 6.07) is 5.35. The van der Waals surface area contributed by atoms with Crippen molar-refractivity contribution in [2.75, 3.05) is 26.2 Å². The number of pyridine rings is 1. The van der Waals surface area contributed by atoms with Crippen LogP contribution in [0.4, 0.5) is 0 Å². The lowest BCUT2D eigenvalue weighted by molar-refractivity contribution is -0.131. The summed E-state index contributed by atoms with van der Waals surface area (Å²) in [5.74, 6) is 1.10. The number of likely N-dealkylation sites (tertiary alicyclic amines) is 1. The minimum Gasteiger partial charge on any atom is -0.340 e. The van der Waals surface area contributed by atoms with Crippen LogP contribution in [0.15, 0.2) is 29.2 Å². The van der Waals surface area contributed by atoms with Crippen molar-refractivity contribution in [2.24, 2.45) is 11.8 Å².